The van der Waals surface area contributed by atoms with E-state index in [1.165, 1.54) is 0 Å². The maximum atomic E-state index is 12.0. The third-order valence-corrected chi connectivity index (χ3v) is 4.89. The molecule has 0 heterocycles. The number of carbonyl (C=O) groups excluding carboxylic acids is 1. The fourth-order valence-corrected chi connectivity index (χ4v) is 3.79. The van der Waals surface area contributed by atoms with Crippen molar-refractivity contribution >= 4 is 5.78 Å². The zero-order chi connectivity index (χ0) is 14.7. The Hall–Kier alpha value is -0.890. The Morgan fingerprint density at radius 2 is 2.05 bits per heavy atom. The Balaban J connectivity index is 3.00. The predicted octanol–water partition coefficient (Wildman–Crippen LogP) is 3.90. The second-order valence-electron chi connectivity index (χ2n) is 6.58. The van der Waals surface area contributed by atoms with Crippen molar-refractivity contribution in [3.05, 3.63) is 25.3 Å². The maximum Gasteiger partial charge on any atom is 0.137 e. The van der Waals surface area contributed by atoms with Gasteiger partial charge in [-0.3, -0.25) is 4.79 Å². The highest BCUT2D eigenvalue weighted by molar-refractivity contribution is 5.80. The van der Waals surface area contributed by atoms with E-state index in [1.807, 2.05) is 0 Å². The lowest BCUT2D eigenvalue weighted by molar-refractivity contribution is -0.131. The van der Waals surface area contributed by atoms with E-state index in [9.17, 15) is 9.90 Å². The summed E-state index contributed by atoms with van der Waals surface area (Å²) in [6.45, 7) is 13.8. The average Bonchev–Trinajstić information content (AvgIpc) is 2.52. The Morgan fingerprint density at radius 1 is 1.42 bits per heavy atom. The van der Waals surface area contributed by atoms with Crippen LogP contribution in [-0.4, -0.2) is 16.5 Å². The minimum absolute atomic E-state index is 0.171. The summed E-state index contributed by atoms with van der Waals surface area (Å²) in [5, 5.41) is 11.2. The predicted molar refractivity (Wildman–Crippen MR) is 79.9 cm³/mol. The maximum absolute atomic E-state index is 12.0. The smallest absolute Gasteiger partial charge is 0.137 e. The number of hydrogen-bond acceptors (Lipinski definition) is 2. The van der Waals surface area contributed by atoms with Gasteiger partial charge in [-0.25, -0.2) is 0 Å². The van der Waals surface area contributed by atoms with Crippen molar-refractivity contribution in [3.63, 3.8) is 0 Å². The lowest BCUT2D eigenvalue weighted by atomic mass is 9.66. The standard InChI is InChI=1S/C17H28O2/c1-6-8-14(18)12-16(5)11-9-15(13(3)4)17(16,19)10-7-2/h6-7,13,15,19H,1-2,8-12H2,3-5H3/t15-,16-,17+/m0/s1. The van der Waals surface area contributed by atoms with Gasteiger partial charge < -0.3 is 5.11 Å². The topological polar surface area (TPSA) is 37.3 Å². The van der Waals surface area contributed by atoms with Crippen molar-refractivity contribution in [1.29, 1.82) is 0 Å². The third kappa shape index (κ3) is 3.00. The van der Waals surface area contributed by atoms with E-state index in [1.54, 1.807) is 12.2 Å². The molecule has 0 aromatic carbocycles. The summed E-state index contributed by atoms with van der Waals surface area (Å²) < 4.78 is 0. The first-order valence-corrected chi connectivity index (χ1v) is 7.26. The fraction of sp³-hybridized carbons (Fsp3) is 0.706. The molecule has 0 aromatic heterocycles. The molecular formula is C17H28O2. The molecule has 19 heavy (non-hydrogen) atoms. The van der Waals surface area contributed by atoms with Crippen LogP contribution in [-0.2, 0) is 4.79 Å². The molecule has 1 aliphatic carbocycles. The van der Waals surface area contributed by atoms with Gasteiger partial charge in [0, 0.05) is 18.3 Å². The molecule has 1 N–H and O–H groups in total. The van der Waals surface area contributed by atoms with Gasteiger partial charge in [0.15, 0.2) is 0 Å². The molecule has 1 saturated carbocycles. The monoisotopic (exact) mass is 264 g/mol. The molecule has 1 rings (SSSR count). The van der Waals surface area contributed by atoms with Crippen molar-refractivity contribution in [2.24, 2.45) is 17.3 Å². The molecule has 0 spiro atoms. The quantitative estimate of drug-likeness (QED) is 0.708. The Morgan fingerprint density at radius 3 is 2.53 bits per heavy atom. The van der Waals surface area contributed by atoms with E-state index in [0.717, 1.165) is 12.8 Å². The molecule has 0 aromatic rings. The van der Waals surface area contributed by atoms with E-state index in [0.29, 0.717) is 25.2 Å². The zero-order valence-corrected chi connectivity index (χ0v) is 12.6. The van der Waals surface area contributed by atoms with E-state index in [-0.39, 0.29) is 17.1 Å². The number of ketones is 1. The summed E-state index contributed by atoms with van der Waals surface area (Å²) in [5.74, 6) is 0.831. The summed E-state index contributed by atoms with van der Waals surface area (Å²) in [4.78, 5) is 12.0. The first-order chi connectivity index (χ1) is 8.80. The lowest BCUT2D eigenvalue weighted by Gasteiger charge is -2.43. The molecule has 2 heteroatoms. The fourth-order valence-electron chi connectivity index (χ4n) is 3.79. The summed E-state index contributed by atoms with van der Waals surface area (Å²) in [5.41, 5.74) is -1.14. The summed E-state index contributed by atoms with van der Waals surface area (Å²) in [7, 11) is 0. The first-order valence-electron chi connectivity index (χ1n) is 7.26. The van der Waals surface area contributed by atoms with Gasteiger partial charge in [-0.05, 0) is 31.1 Å². The highest BCUT2D eigenvalue weighted by Crippen LogP contribution is 2.56. The van der Waals surface area contributed by atoms with Crippen LogP contribution < -0.4 is 0 Å². The number of aliphatic hydroxyl groups is 1. The SMILES string of the molecule is C=CCC(=O)C[C@]1(C)CC[C@@H](C(C)C)[C@]1(O)CC=C. The van der Waals surface area contributed by atoms with E-state index < -0.39 is 5.60 Å². The van der Waals surface area contributed by atoms with E-state index in [2.05, 4.69) is 33.9 Å². The van der Waals surface area contributed by atoms with Crippen LogP contribution in [0, 0.1) is 17.3 Å². The van der Waals surface area contributed by atoms with Crippen molar-refractivity contribution < 1.29 is 9.90 Å². The molecular weight excluding hydrogens is 236 g/mol. The van der Waals surface area contributed by atoms with Gasteiger partial charge in [-0.2, -0.15) is 0 Å². The van der Waals surface area contributed by atoms with Crippen LogP contribution in [0.5, 0.6) is 0 Å². The minimum atomic E-state index is -0.806. The van der Waals surface area contributed by atoms with Crippen molar-refractivity contribution in [3.8, 4) is 0 Å². The van der Waals surface area contributed by atoms with Gasteiger partial charge in [0.25, 0.3) is 0 Å². The number of rotatable bonds is 7. The van der Waals surface area contributed by atoms with Crippen molar-refractivity contribution in [2.75, 3.05) is 0 Å². The van der Waals surface area contributed by atoms with Gasteiger partial charge in [0.05, 0.1) is 5.60 Å². The number of Topliss-reactive ketones (excluding diaryl/α,β-unsaturated/α-hetero) is 1. The molecule has 0 radical (unpaired) electrons. The van der Waals surface area contributed by atoms with Crippen LogP contribution in [0.15, 0.2) is 25.3 Å². The van der Waals surface area contributed by atoms with Gasteiger partial charge in [0.2, 0.25) is 0 Å². The molecule has 0 saturated heterocycles. The van der Waals surface area contributed by atoms with E-state index in [4.69, 9.17) is 0 Å². The molecule has 1 aliphatic rings. The molecule has 108 valence electrons. The molecule has 2 nitrogen and oxygen atoms in total. The lowest BCUT2D eigenvalue weighted by Crippen LogP contribution is -2.48. The molecule has 0 aliphatic heterocycles. The van der Waals surface area contributed by atoms with Crippen molar-refractivity contribution in [1.82, 2.24) is 0 Å². The summed E-state index contributed by atoms with van der Waals surface area (Å²) in [6, 6.07) is 0. The second kappa shape index (κ2) is 6.04. The number of allylic oxidation sites excluding steroid dienone is 1. The van der Waals surface area contributed by atoms with Crippen LogP contribution in [0.1, 0.15) is 52.9 Å². The molecule has 0 bridgehead atoms. The summed E-state index contributed by atoms with van der Waals surface area (Å²) >= 11 is 0. The van der Waals surface area contributed by atoms with Gasteiger partial charge in [0.1, 0.15) is 5.78 Å². The van der Waals surface area contributed by atoms with Gasteiger partial charge >= 0.3 is 0 Å². The zero-order valence-electron chi connectivity index (χ0n) is 12.6. The molecule has 0 amide bonds. The van der Waals surface area contributed by atoms with Crippen LogP contribution in [0.2, 0.25) is 0 Å². The highest BCUT2D eigenvalue weighted by atomic mass is 16.3. The molecule has 0 unspecified atom stereocenters. The number of hydrogen-bond donors (Lipinski definition) is 1. The van der Waals surface area contributed by atoms with E-state index >= 15 is 0 Å². The Kier molecular flexibility index (Phi) is 5.14. The normalized spacial score (nSPS) is 34.5. The van der Waals surface area contributed by atoms with Gasteiger partial charge in [-0.1, -0.05) is 32.9 Å². The Labute approximate surface area is 117 Å². The largest absolute Gasteiger partial charge is 0.389 e. The Bertz CT molecular complexity index is 358. The molecule has 3 atom stereocenters. The van der Waals surface area contributed by atoms with Crippen LogP contribution >= 0.6 is 0 Å². The minimum Gasteiger partial charge on any atom is -0.389 e. The molecule has 1 fully saturated rings. The van der Waals surface area contributed by atoms with Crippen LogP contribution in [0.3, 0.4) is 0 Å². The van der Waals surface area contributed by atoms with Crippen molar-refractivity contribution in [2.45, 2.75) is 58.5 Å². The average molecular weight is 264 g/mol. The summed E-state index contributed by atoms with van der Waals surface area (Å²) in [6.07, 6.45) is 6.72. The van der Waals surface area contributed by atoms with Crippen LogP contribution in [0.4, 0.5) is 0 Å². The number of carbonyl (C=O) groups is 1. The second-order valence-corrected chi connectivity index (χ2v) is 6.58. The third-order valence-electron chi connectivity index (χ3n) is 4.89. The van der Waals surface area contributed by atoms with Crippen LogP contribution in [0.25, 0.3) is 0 Å². The first kappa shape index (κ1) is 16.2. The van der Waals surface area contributed by atoms with Gasteiger partial charge in [-0.15, -0.1) is 13.2 Å². The highest BCUT2D eigenvalue weighted by Gasteiger charge is 2.56.